The van der Waals surface area contributed by atoms with Gasteiger partial charge in [-0.25, -0.2) is 10.0 Å². The maximum absolute atomic E-state index is 13.0. The van der Waals surface area contributed by atoms with Crippen molar-refractivity contribution >= 4 is 34.4 Å². The molecule has 8 heteroatoms. The standard InChI is InChI=1S/C23H22N4O4/c1-13-9-19(17-12-16(30-3)6-7-18(17)24-13)26-27-14(2)25-20(23(27)29)10-15-5-8-21(28)22(11-15)31-4/h5-12,28H,1-4H3,(H,24,26)/b20-10-. The van der Waals surface area contributed by atoms with E-state index in [1.165, 1.54) is 18.2 Å². The van der Waals surface area contributed by atoms with Crippen molar-refractivity contribution in [2.24, 2.45) is 4.99 Å². The highest BCUT2D eigenvalue weighted by Crippen LogP contribution is 2.30. The van der Waals surface area contributed by atoms with Crippen molar-refractivity contribution in [1.29, 1.82) is 0 Å². The second-order valence-corrected chi connectivity index (χ2v) is 7.07. The van der Waals surface area contributed by atoms with E-state index in [0.717, 1.165) is 22.3 Å². The fourth-order valence-electron chi connectivity index (χ4n) is 3.38. The summed E-state index contributed by atoms with van der Waals surface area (Å²) < 4.78 is 10.5. The molecule has 31 heavy (non-hydrogen) atoms. The zero-order valence-corrected chi connectivity index (χ0v) is 17.6. The van der Waals surface area contributed by atoms with E-state index in [4.69, 9.17) is 9.47 Å². The van der Waals surface area contributed by atoms with Gasteiger partial charge in [0.05, 0.1) is 25.4 Å². The molecule has 0 unspecified atom stereocenters. The highest BCUT2D eigenvalue weighted by molar-refractivity contribution is 6.14. The first-order chi connectivity index (χ1) is 14.9. The van der Waals surface area contributed by atoms with Gasteiger partial charge in [0.15, 0.2) is 11.5 Å². The Hall–Kier alpha value is -4.07. The van der Waals surface area contributed by atoms with E-state index in [1.54, 1.807) is 32.2 Å². The van der Waals surface area contributed by atoms with Crippen LogP contribution in [0.2, 0.25) is 0 Å². The minimum atomic E-state index is -0.296. The number of ether oxygens (including phenoxy) is 2. The molecule has 2 aromatic carbocycles. The highest BCUT2D eigenvalue weighted by Gasteiger charge is 2.28. The topological polar surface area (TPSA) is 96.3 Å². The van der Waals surface area contributed by atoms with Crippen molar-refractivity contribution in [3.63, 3.8) is 0 Å². The molecule has 0 radical (unpaired) electrons. The number of phenolic OH excluding ortho intramolecular Hbond substituents is 1. The summed E-state index contributed by atoms with van der Waals surface area (Å²) in [5.74, 6) is 1.26. The van der Waals surface area contributed by atoms with E-state index in [2.05, 4.69) is 15.4 Å². The molecule has 3 aromatic rings. The third kappa shape index (κ3) is 3.87. The van der Waals surface area contributed by atoms with Crippen molar-refractivity contribution in [3.05, 3.63) is 59.4 Å². The van der Waals surface area contributed by atoms with Crippen LogP contribution in [0, 0.1) is 6.92 Å². The number of carbonyl (C=O) groups excluding carboxylic acids is 1. The van der Waals surface area contributed by atoms with Gasteiger partial charge in [-0.1, -0.05) is 6.07 Å². The summed E-state index contributed by atoms with van der Waals surface area (Å²) in [7, 11) is 3.07. The van der Waals surface area contributed by atoms with Crippen LogP contribution in [0.5, 0.6) is 17.2 Å². The van der Waals surface area contributed by atoms with Gasteiger partial charge in [0.1, 0.15) is 17.3 Å². The van der Waals surface area contributed by atoms with Gasteiger partial charge >= 0.3 is 0 Å². The number of aromatic nitrogens is 1. The van der Waals surface area contributed by atoms with Crippen LogP contribution < -0.4 is 14.9 Å². The molecule has 1 aromatic heterocycles. The Labute approximate surface area is 179 Å². The van der Waals surface area contributed by atoms with Crippen LogP contribution in [0.3, 0.4) is 0 Å². The Bertz CT molecular complexity index is 1250. The predicted octanol–water partition coefficient (Wildman–Crippen LogP) is 3.89. The van der Waals surface area contributed by atoms with Crippen LogP contribution in [0.4, 0.5) is 5.69 Å². The van der Waals surface area contributed by atoms with Crippen LogP contribution in [-0.4, -0.2) is 41.1 Å². The number of aryl methyl sites for hydroxylation is 1. The molecule has 2 N–H and O–H groups in total. The van der Waals surface area contributed by atoms with Crippen LogP contribution >= 0.6 is 0 Å². The van der Waals surface area contributed by atoms with E-state index in [0.29, 0.717) is 22.9 Å². The molecule has 0 saturated heterocycles. The Morgan fingerprint density at radius 1 is 1.06 bits per heavy atom. The molecule has 2 heterocycles. The van der Waals surface area contributed by atoms with Crippen LogP contribution in [0.15, 0.2) is 53.2 Å². The fourth-order valence-corrected chi connectivity index (χ4v) is 3.38. The molecular formula is C23H22N4O4. The summed E-state index contributed by atoms with van der Waals surface area (Å²) in [4.78, 5) is 22.0. The molecule has 0 fully saturated rings. The Balaban J connectivity index is 1.67. The number of hydrogen-bond donors (Lipinski definition) is 2. The number of phenols is 1. The van der Waals surface area contributed by atoms with Gasteiger partial charge in [0.2, 0.25) is 0 Å². The van der Waals surface area contributed by atoms with Gasteiger partial charge in [-0.15, -0.1) is 0 Å². The maximum Gasteiger partial charge on any atom is 0.296 e. The SMILES string of the molecule is COc1ccc2nc(C)cc(NN3C(=O)/C(=C/c4ccc(O)c(OC)c4)N=C3C)c2c1. The number of aromatic hydroxyl groups is 1. The number of pyridine rings is 1. The molecule has 0 atom stereocenters. The lowest BCUT2D eigenvalue weighted by Gasteiger charge is -2.20. The quantitative estimate of drug-likeness (QED) is 0.610. The maximum atomic E-state index is 13.0. The van der Waals surface area contributed by atoms with Crippen molar-refractivity contribution in [2.75, 3.05) is 19.6 Å². The largest absolute Gasteiger partial charge is 0.504 e. The Kier molecular flexibility index (Phi) is 5.21. The zero-order valence-electron chi connectivity index (χ0n) is 17.6. The number of benzene rings is 2. The van der Waals surface area contributed by atoms with E-state index in [9.17, 15) is 9.90 Å². The van der Waals surface area contributed by atoms with Crippen molar-refractivity contribution < 1.29 is 19.4 Å². The molecule has 158 valence electrons. The van der Waals surface area contributed by atoms with Gasteiger partial charge in [-0.2, -0.15) is 0 Å². The van der Waals surface area contributed by atoms with E-state index in [-0.39, 0.29) is 17.4 Å². The molecule has 1 amide bonds. The number of rotatable bonds is 5. The van der Waals surface area contributed by atoms with Gasteiger partial charge in [0.25, 0.3) is 5.91 Å². The lowest BCUT2D eigenvalue weighted by Crippen LogP contribution is -2.36. The van der Waals surface area contributed by atoms with Gasteiger partial charge in [0, 0.05) is 11.1 Å². The number of amidine groups is 1. The van der Waals surface area contributed by atoms with Crippen molar-refractivity contribution in [3.8, 4) is 17.2 Å². The Morgan fingerprint density at radius 3 is 2.61 bits per heavy atom. The molecule has 0 saturated carbocycles. The smallest absolute Gasteiger partial charge is 0.296 e. The first kappa shape index (κ1) is 20.2. The second kappa shape index (κ2) is 7.98. The minimum Gasteiger partial charge on any atom is -0.504 e. The third-order valence-electron chi connectivity index (χ3n) is 4.91. The molecule has 0 bridgehead atoms. The third-order valence-corrected chi connectivity index (χ3v) is 4.91. The lowest BCUT2D eigenvalue weighted by molar-refractivity contribution is -0.121. The molecule has 1 aliphatic heterocycles. The number of amides is 1. The average molecular weight is 418 g/mol. The van der Waals surface area contributed by atoms with E-state index < -0.39 is 0 Å². The first-order valence-corrected chi connectivity index (χ1v) is 9.60. The number of fused-ring (bicyclic) bond motifs is 1. The number of carbonyl (C=O) groups is 1. The summed E-state index contributed by atoms with van der Waals surface area (Å²) >= 11 is 0. The summed E-state index contributed by atoms with van der Waals surface area (Å²) in [6.45, 7) is 3.64. The lowest BCUT2D eigenvalue weighted by atomic mass is 10.1. The van der Waals surface area contributed by atoms with Crippen molar-refractivity contribution in [1.82, 2.24) is 9.99 Å². The normalized spacial score (nSPS) is 14.8. The average Bonchev–Trinajstić information content (AvgIpc) is 3.02. The second-order valence-electron chi connectivity index (χ2n) is 7.07. The van der Waals surface area contributed by atoms with Gasteiger partial charge < -0.3 is 14.6 Å². The summed E-state index contributed by atoms with van der Waals surface area (Å²) in [5.41, 5.74) is 6.45. The summed E-state index contributed by atoms with van der Waals surface area (Å²) in [6, 6.07) is 12.3. The minimum absolute atomic E-state index is 0.0285. The summed E-state index contributed by atoms with van der Waals surface area (Å²) in [5, 5.41) is 12.0. The van der Waals surface area contributed by atoms with E-state index >= 15 is 0 Å². The monoisotopic (exact) mass is 418 g/mol. The number of anilines is 1. The first-order valence-electron chi connectivity index (χ1n) is 9.60. The zero-order chi connectivity index (χ0) is 22.1. The number of methoxy groups -OCH3 is 2. The Morgan fingerprint density at radius 2 is 1.87 bits per heavy atom. The summed E-state index contributed by atoms with van der Waals surface area (Å²) in [6.07, 6.45) is 1.65. The highest BCUT2D eigenvalue weighted by atomic mass is 16.5. The van der Waals surface area contributed by atoms with Crippen LogP contribution in [0.25, 0.3) is 17.0 Å². The number of aliphatic imine (C=N–C) groups is 1. The van der Waals surface area contributed by atoms with Crippen LogP contribution in [-0.2, 0) is 4.79 Å². The van der Waals surface area contributed by atoms with Crippen LogP contribution in [0.1, 0.15) is 18.2 Å². The predicted molar refractivity (Wildman–Crippen MR) is 119 cm³/mol. The van der Waals surface area contributed by atoms with Crippen molar-refractivity contribution in [2.45, 2.75) is 13.8 Å². The number of nitrogens with one attached hydrogen (secondary N) is 1. The molecule has 1 aliphatic rings. The molecule has 0 spiro atoms. The number of hydrazine groups is 1. The molecule has 8 nitrogen and oxygen atoms in total. The van der Waals surface area contributed by atoms with Gasteiger partial charge in [-0.05, 0) is 61.9 Å². The molecular weight excluding hydrogens is 396 g/mol. The van der Waals surface area contributed by atoms with E-state index in [1.807, 2.05) is 31.2 Å². The number of hydrogen-bond acceptors (Lipinski definition) is 7. The molecule has 4 rings (SSSR count). The fraction of sp³-hybridized carbons (Fsp3) is 0.174. The number of nitrogens with zero attached hydrogens (tertiary/aromatic N) is 3. The van der Waals surface area contributed by atoms with Gasteiger partial charge in [-0.3, -0.25) is 15.2 Å². The molecule has 0 aliphatic carbocycles.